The van der Waals surface area contributed by atoms with E-state index in [2.05, 4.69) is 31.2 Å². The first-order valence-corrected chi connectivity index (χ1v) is 7.11. The lowest BCUT2D eigenvalue weighted by Gasteiger charge is -2.46. The highest BCUT2D eigenvalue weighted by molar-refractivity contribution is 5.89. The molecule has 1 saturated carbocycles. The predicted molar refractivity (Wildman–Crippen MR) is 75.5 cm³/mol. The monoisotopic (exact) mass is 278 g/mol. The summed E-state index contributed by atoms with van der Waals surface area (Å²) in [5.74, 6) is 0.398. The van der Waals surface area contributed by atoms with Gasteiger partial charge in [-0.2, -0.15) is 5.10 Å². The van der Waals surface area contributed by atoms with E-state index in [1.54, 1.807) is 11.1 Å². The number of nitrogens with zero attached hydrogens (tertiary/aromatic N) is 3. The van der Waals surface area contributed by atoms with Gasteiger partial charge in [-0.1, -0.05) is 0 Å². The van der Waals surface area contributed by atoms with Crippen LogP contribution in [0.5, 0.6) is 0 Å². The molecule has 1 aliphatic heterocycles. The third kappa shape index (κ3) is 2.40. The first-order valence-electron chi connectivity index (χ1n) is 7.11. The molecule has 0 bridgehead atoms. The smallest absolute Gasteiger partial charge is 0.322 e. The third-order valence-electron chi connectivity index (χ3n) is 4.07. The fourth-order valence-electron chi connectivity index (χ4n) is 2.59. The van der Waals surface area contributed by atoms with E-state index in [1.165, 1.54) is 0 Å². The second-order valence-electron chi connectivity index (χ2n) is 7.01. The Morgan fingerprint density at radius 3 is 2.60 bits per heavy atom. The number of amides is 2. The highest BCUT2D eigenvalue weighted by atomic mass is 16.3. The van der Waals surface area contributed by atoms with Gasteiger partial charge in [0.2, 0.25) is 0 Å². The van der Waals surface area contributed by atoms with Crippen LogP contribution < -0.4 is 5.32 Å². The Morgan fingerprint density at radius 1 is 1.45 bits per heavy atom. The maximum Gasteiger partial charge on any atom is 0.322 e. The first-order chi connectivity index (χ1) is 9.28. The van der Waals surface area contributed by atoms with E-state index in [0.29, 0.717) is 24.7 Å². The second kappa shape index (κ2) is 4.22. The lowest BCUT2D eigenvalue weighted by Crippen LogP contribution is -2.65. The van der Waals surface area contributed by atoms with E-state index in [4.69, 9.17) is 0 Å². The number of carbonyl (C=O) groups excluding carboxylic acids is 1. The van der Waals surface area contributed by atoms with Crippen molar-refractivity contribution < 1.29 is 9.90 Å². The van der Waals surface area contributed by atoms with Gasteiger partial charge in [-0.15, -0.1) is 0 Å². The molecule has 1 saturated heterocycles. The summed E-state index contributed by atoms with van der Waals surface area (Å²) in [4.78, 5) is 13.7. The maximum atomic E-state index is 12.1. The van der Waals surface area contributed by atoms with Gasteiger partial charge in [-0.05, 0) is 39.5 Å². The number of anilines is 1. The summed E-state index contributed by atoms with van der Waals surface area (Å²) in [6.07, 6.45) is 5.65. The number of hydrogen-bond donors (Lipinski definition) is 2. The molecule has 0 atom stereocenters. The number of hydrogen-bond acceptors (Lipinski definition) is 3. The number of aromatic nitrogens is 2. The fraction of sp³-hybridized carbons (Fsp3) is 0.714. The lowest BCUT2D eigenvalue weighted by molar-refractivity contribution is -0.0897. The lowest BCUT2D eigenvalue weighted by atomic mass is 9.89. The van der Waals surface area contributed by atoms with Crippen molar-refractivity contribution >= 4 is 11.7 Å². The van der Waals surface area contributed by atoms with Crippen LogP contribution in [0, 0.1) is 5.92 Å². The summed E-state index contributed by atoms with van der Waals surface area (Å²) in [7, 11) is 0. The Balaban J connectivity index is 1.56. The molecule has 2 aliphatic rings. The van der Waals surface area contributed by atoms with Gasteiger partial charge in [0.25, 0.3) is 0 Å². The van der Waals surface area contributed by atoms with E-state index in [1.807, 2.05) is 10.9 Å². The van der Waals surface area contributed by atoms with E-state index in [9.17, 15) is 9.90 Å². The van der Waals surface area contributed by atoms with E-state index < -0.39 is 5.60 Å². The Hall–Kier alpha value is -1.56. The zero-order valence-electron chi connectivity index (χ0n) is 12.3. The van der Waals surface area contributed by atoms with Gasteiger partial charge in [0.15, 0.2) is 0 Å². The summed E-state index contributed by atoms with van der Waals surface area (Å²) in [5, 5.41) is 17.3. The second-order valence-corrected chi connectivity index (χ2v) is 7.01. The minimum atomic E-state index is -0.632. The van der Waals surface area contributed by atoms with Crippen molar-refractivity contribution in [2.24, 2.45) is 5.92 Å². The SMILES string of the molecule is CC(C)(C)n1cc(NC(=O)N2CC(O)(C3CC3)C2)cn1. The van der Waals surface area contributed by atoms with Crippen LogP contribution in [0.2, 0.25) is 0 Å². The van der Waals surface area contributed by atoms with Crippen LogP contribution in [0.4, 0.5) is 10.5 Å². The Kier molecular flexibility index (Phi) is 2.83. The van der Waals surface area contributed by atoms with Gasteiger partial charge < -0.3 is 15.3 Å². The molecule has 2 fully saturated rings. The van der Waals surface area contributed by atoms with Gasteiger partial charge >= 0.3 is 6.03 Å². The van der Waals surface area contributed by atoms with Gasteiger partial charge in [0.1, 0.15) is 5.60 Å². The van der Waals surface area contributed by atoms with Crippen molar-refractivity contribution in [2.75, 3.05) is 18.4 Å². The Morgan fingerprint density at radius 2 is 2.10 bits per heavy atom. The molecule has 3 rings (SSSR count). The number of likely N-dealkylation sites (tertiary alicyclic amines) is 1. The summed E-state index contributed by atoms with van der Waals surface area (Å²) in [6, 6.07) is -0.163. The average molecular weight is 278 g/mol. The molecule has 6 nitrogen and oxygen atoms in total. The van der Waals surface area contributed by atoms with Crippen LogP contribution in [0.1, 0.15) is 33.6 Å². The largest absolute Gasteiger partial charge is 0.386 e. The molecule has 1 aromatic heterocycles. The van der Waals surface area contributed by atoms with Crippen molar-refractivity contribution in [3.05, 3.63) is 12.4 Å². The molecular formula is C14H22N4O2. The molecule has 2 N–H and O–H groups in total. The Bertz CT molecular complexity index is 522. The minimum Gasteiger partial charge on any atom is -0.386 e. The van der Waals surface area contributed by atoms with Gasteiger partial charge in [-0.3, -0.25) is 4.68 Å². The summed E-state index contributed by atoms with van der Waals surface area (Å²) >= 11 is 0. The average Bonchev–Trinajstić information content (AvgIpc) is 3.04. The highest BCUT2D eigenvalue weighted by Gasteiger charge is 2.53. The summed E-state index contributed by atoms with van der Waals surface area (Å²) in [5.41, 5.74) is -0.0504. The molecule has 2 heterocycles. The summed E-state index contributed by atoms with van der Waals surface area (Å²) in [6.45, 7) is 7.04. The predicted octanol–water partition coefficient (Wildman–Crippen LogP) is 1.63. The van der Waals surface area contributed by atoms with E-state index >= 15 is 0 Å². The van der Waals surface area contributed by atoms with Crippen LogP contribution in [0.15, 0.2) is 12.4 Å². The molecule has 0 spiro atoms. The topological polar surface area (TPSA) is 70.4 Å². The molecule has 6 heteroatoms. The number of rotatable bonds is 2. The molecule has 0 aromatic carbocycles. The van der Waals surface area contributed by atoms with Crippen LogP contribution in [0.25, 0.3) is 0 Å². The maximum absolute atomic E-state index is 12.1. The molecule has 0 radical (unpaired) electrons. The van der Waals surface area contributed by atoms with Crippen molar-refractivity contribution in [3.8, 4) is 0 Å². The molecule has 1 aliphatic carbocycles. The minimum absolute atomic E-state index is 0.105. The third-order valence-corrected chi connectivity index (χ3v) is 4.07. The number of β-amino-alcohol motifs (C(OH)–C–C–N with tert-alkyl or cyclic N) is 1. The van der Waals surface area contributed by atoms with Crippen molar-refractivity contribution in [1.29, 1.82) is 0 Å². The van der Waals surface area contributed by atoms with Gasteiger partial charge in [-0.25, -0.2) is 4.79 Å². The molecule has 0 unspecified atom stereocenters. The molecule has 2 amide bonds. The van der Waals surface area contributed by atoms with Crippen LogP contribution in [0.3, 0.4) is 0 Å². The first kappa shape index (κ1) is 13.4. The standard InChI is InChI=1S/C14H22N4O2/c1-13(2,3)18-7-11(6-15-18)16-12(19)17-8-14(20,9-17)10-4-5-10/h6-7,10,20H,4-5,8-9H2,1-3H3,(H,16,19). The van der Waals surface area contributed by atoms with E-state index in [-0.39, 0.29) is 11.6 Å². The van der Waals surface area contributed by atoms with E-state index in [0.717, 1.165) is 12.8 Å². The van der Waals surface area contributed by atoms with Crippen LogP contribution in [-0.4, -0.2) is 44.5 Å². The van der Waals surface area contributed by atoms with Crippen molar-refractivity contribution in [2.45, 2.75) is 44.8 Å². The van der Waals surface area contributed by atoms with Crippen molar-refractivity contribution in [1.82, 2.24) is 14.7 Å². The quantitative estimate of drug-likeness (QED) is 0.863. The zero-order valence-corrected chi connectivity index (χ0v) is 12.3. The zero-order chi connectivity index (χ0) is 14.5. The number of aliphatic hydroxyl groups is 1. The molecule has 110 valence electrons. The normalized spacial score (nSPS) is 21.5. The Labute approximate surface area is 118 Å². The molecular weight excluding hydrogens is 256 g/mol. The van der Waals surface area contributed by atoms with Gasteiger partial charge in [0, 0.05) is 6.20 Å². The van der Waals surface area contributed by atoms with Crippen LogP contribution in [-0.2, 0) is 5.54 Å². The highest BCUT2D eigenvalue weighted by Crippen LogP contribution is 2.44. The van der Waals surface area contributed by atoms with Crippen molar-refractivity contribution in [3.63, 3.8) is 0 Å². The molecule has 1 aromatic rings. The fourth-order valence-corrected chi connectivity index (χ4v) is 2.59. The van der Waals surface area contributed by atoms with Crippen LogP contribution >= 0.6 is 0 Å². The number of carbonyl (C=O) groups is 1. The number of urea groups is 1. The summed E-state index contributed by atoms with van der Waals surface area (Å²) < 4.78 is 1.82. The molecule has 20 heavy (non-hydrogen) atoms. The van der Waals surface area contributed by atoms with Gasteiger partial charge in [0.05, 0.1) is 30.5 Å². The number of nitrogens with one attached hydrogen (secondary N) is 1.